The second-order valence-corrected chi connectivity index (χ2v) is 8.52. The van der Waals surface area contributed by atoms with E-state index in [0.29, 0.717) is 18.1 Å². The van der Waals surface area contributed by atoms with Crippen LogP contribution in [0.5, 0.6) is 11.5 Å². The zero-order chi connectivity index (χ0) is 21.1. The fraction of sp³-hybridized carbons (Fsp3) is 0.458. The van der Waals surface area contributed by atoms with Crippen LogP contribution in [0.3, 0.4) is 0 Å². The van der Waals surface area contributed by atoms with Gasteiger partial charge in [-0.3, -0.25) is 0 Å². The fourth-order valence-electron chi connectivity index (χ4n) is 3.84. The van der Waals surface area contributed by atoms with Gasteiger partial charge in [0.2, 0.25) is 5.89 Å². The normalized spacial score (nSPS) is 16.7. The lowest BCUT2D eigenvalue weighted by Crippen LogP contribution is -2.40. The molecule has 160 valence electrons. The molecule has 1 aliphatic carbocycles. The molecule has 0 bridgehead atoms. The Balaban J connectivity index is 1.55. The van der Waals surface area contributed by atoms with E-state index < -0.39 is 5.54 Å². The smallest absolute Gasteiger partial charge is 0.227 e. The topological polar surface area (TPSA) is 90.7 Å². The Labute approximate surface area is 177 Å². The average molecular weight is 411 g/mol. The molecule has 6 heteroatoms. The maximum absolute atomic E-state index is 9.34. The number of oxazole rings is 1. The molecule has 2 aromatic carbocycles. The number of ether oxygens (including phenoxy) is 2. The van der Waals surface area contributed by atoms with Crippen LogP contribution in [0.1, 0.15) is 44.6 Å². The Morgan fingerprint density at radius 1 is 1.17 bits per heavy atom. The number of rotatable bonds is 8. The zero-order valence-electron chi connectivity index (χ0n) is 17.7. The Morgan fingerprint density at radius 2 is 1.97 bits per heavy atom. The fourth-order valence-corrected chi connectivity index (χ4v) is 3.84. The number of aliphatic hydroxyl groups is 1. The van der Waals surface area contributed by atoms with Gasteiger partial charge in [-0.1, -0.05) is 6.07 Å². The first kappa shape index (κ1) is 20.7. The van der Waals surface area contributed by atoms with Gasteiger partial charge in [0, 0.05) is 11.1 Å². The summed E-state index contributed by atoms with van der Waals surface area (Å²) in [6, 6.07) is 11.8. The largest absolute Gasteiger partial charge is 0.493 e. The summed E-state index contributed by atoms with van der Waals surface area (Å²) in [5.41, 5.74) is 8.96. The molecule has 1 atom stereocenters. The van der Waals surface area contributed by atoms with Crippen LogP contribution in [-0.4, -0.2) is 35.5 Å². The third-order valence-electron chi connectivity index (χ3n) is 5.80. The lowest BCUT2D eigenvalue weighted by Gasteiger charge is -2.21. The number of fused-ring (bicyclic) bond motifs is 1. The van der Waals surface area contributed by atoms with Crippen molar-refractivity contribution in [2.75, 3.05) is 13.7 Å². The molecule has 0 aliphatic heterocycles. The number of nitrogens with two attached hydrogens (primary N) is 1. The predicted molar refractivity (Wildman–Crippen MR) is 117 cm³/mol. The molecule has 3 aromatic rings. The van der Waals surface area contributed by atoms with Gasteiger partial charge >= 0.3 is 0 Å². The number of aryl methyl sites for hydroxylation is 1. The molecule has 4 rings (SSSR count). The van der Waals surface area contributed by atoms with Crippen molar-refractivity contribution in [2.24, 2.45) is 5.73 Å². The van der Waals surface area contributed by atoms with Crippen LogP contribution in [0.2, 0.25) is 0 Å². The van der Waals surface area contributed by atoms with Crippen LogP contribution >= 0.6 is 0 Å². The third kappa shape index (κ3) is 4.60. The van der Waals surface area contributed by atoms with E-state index in [1.54, 1.807) is 7.11 Å². The molecule has 1 fully saturated rings. The second kappa shape index (κ2) is 8.66. The first-order valence-electron chi connectivity index (χ1n) is 10.6. The summed E-state index contributed by atoms with van der Waals surface area (Å²) in [6.07, 6.45) is 6.38. The third-order valence-corrected chi connectivity index (χ3v) is 5.80. The van der Waals surface area contributed by atoms with Gasteiger partial charge in [0.25, 0.3) is 0 Å². The molecule has 1 heterocycles. The molecule has 0 amide bonds. The predicted octanol–water partition coefficient (Wildman–Crippen LogP) is 4.47. The Kier molecular flexibility index (Phi) is 5.97. The quantitative estimate of drug-likeness (QED) is 0.569. The van der Waals surface area contributed by atoms with E-state index in [0.717, 1.165) is 47.2 Å². The maximum atomic E-state index is 9.34. The highest BCUT2D eigenvalue weighted by Crippen LogP contribution is 2.36. The number of methoxy groups -OCH3 is 1. The van der Waals surface area contributed by atoms with Gasteiger partial charge in [0.1, 0.15) is 5.52 Å². The van der Waals surface area contributed by atoms with Gasteiger partial charge in [-0.25, -0.2) is 4.98 Å². The lowest BCUT2D eigenvalue weighted by molar-refractivity contribution is 0.200. The summed E-state index contributed by atoms with van der Waals surface area (Å²) >= 11 is 0. The molecule has 0 spiro atoms. The van der Waals surface area contributed by atoms with Crippen molar-refractivity contribution in [2.45, 2.75) is 57.1 Å². The minimum Gasteiger partial charge on any atom is -0.493 e. The van der Waals surface area contributed by atoms with Gasteiger partial charge in [0.15, 0.2) is 17.1 Å². The molecule has 1 unspecified atom stereocenters. The standard InChI is InChI=1S/C24H30N2O4/c1-24(25,15-27)12-11-16-7-9-20-19(13-16)26-23(30-20)17-8-10-21(22(14-17)28-2)29-18-5-3-4-6-18/h7-10,13-14,18,27H,3-6,11-12,15,25H2,1-2H3. The minimum absolute atomic E-state index is 0.0361. The first-order valence-corrected chi connectivity index (χ1v) is 10.6. The number of hydrogen-bond acceptors (Lipinski definition) is 6. The number of nitrogens with zero attached hydrogens (tertiary/aromatic N) is 1. The van der Waals surface area contributed by atoms with Crippen LogP contribution in [0.25, 0.3) is 22.6 Å². The summed E-state index contributed by atoms with van der Waals surface area (Å²) in [6.45, 7) is 1.82. The van der Waals surface area contributed by atoms with Crippen molar-refractivity contribution in [3.63, 3.8) is 0 Å². The van der Waals surface area contributed by atoms with Crippen molar-refractivity contribution in [1.82, 2.24) is 4.98 Å². The number of aliphatic hydroxyl groups excluding tert-OH is 1. The molecule has 1 saturated carbocycles. The van der Waals surface area contributed by atoms with E-state index >= 15 is 0 Å². The Morgan fingerprint density at radius 3 is 2.70 bits per heavy atom. The van der Waals surface area contributed by atoms with E-state index in [-0.39, 0.29) is 12.7 Å². The van der Waals surface area contributed by atoms with Crippen LogP contribution in [0, 0.1) is 0 Å². The maximum Gasteiger partial charge on any atom is 0.227 e. The number of hydrogen-bond donors (Lipinski definition) is 2. The van der Waals surface area contributed by atoms with Crippen molar-refractivity contribution >= 4 is 11.1 Å². The van der Waals surface area contributed by atoms with Crippen LogP contribution in [0.15, 0.2) is 40.8 Å². The first-order chi connectivity index (χ1) is 14.5. The highest BCUT2D eigenvalue weighted by molar-refractivity contribution is 5.77. The van der Waals surface area contributed by atoms with Gasteiger partial charge in [-0.15, -0.1) is 0 Å². The van der Waals surface area contributed by atoms with E-state index in [1.165, 1.54) is 12.8 Å². The molecule has 0 saturated heterocycles. The van der Waals surface area contributed by atoms with Crippen LogP contribution in [-0.2, 0) is 6.42 Å². The van der Waals surface area contributed by atoms with Gasteiger partial charge in [-0.2, -0.15) is 0 Å². The van der Waals surface area contributed by atoms with Crippen molar-refractivity contribution in [3.8, 4) is 23.0 Å². The highest BCUT2D eigenvalue weighted by atomic mass is 16.5. The van der Waals surface area contributed by atoms with Crippen molar-refractivity contribution in [1.29, 1.82) is 0 Å². The second-order valence-electron chi connectivity index (χ2n) is 8.52. The minimum atomic E-state index is -0.581. The van der Waals surface area contributed by atoms with E-state index in [9.17, 15) is 5.11 Å². The van der Waals surface area contributed by atoms with E-state index in [2.05, 4.69) is 4.98 Å². The monoisotopic (exact) mass is 410 g/mol. The Hall–Kier alpha value is -2.57. The number of aromatic nitrogens is 1. The summed E-state index contributed by atoms with van der Waals surface area (Å²) in [5.74, 6) is 2.00. The molecule has 1 aromatic heterocycles. The van der Waals surface area contributed by atoms with Gasteiger partial charge in [0.05, 0.1) is 19.8 Å². The van der Waals surface area contributed by atoms with Crippen LogP contribution in [0.4, 0.5) is 0 Å². The lowest BCUT2D eigenvalue weighted by atomic mass is 9.95. The number of benzene rings is 2. The van der Waals surface area contributed by atoms with Gasteiger partial charge in [-0.05, 0) is 81.3 Å². The Bertz CT molecular complexity index is 1010. The summed E-state index contributed by atoms with van der Waals surface area (Å²) in [4.78, 5) is 4.67. The van der Waals surface area contributed by atoms with E-state index in [4.69, 9.17) is 19.6 Å². The summed E-state index contributed by atoms with van der Waals surface area (Å²) in [7, 11) is 1.65. The summed E-state index contributed by atoms with van der Waals surface area (Å²) in [5, 5.41) is 9.34. The molecular weight excluding hydrogens is 380 g/mol. The molecule has 1 aliphatic rings. The van der Waals surface area contributed by atoms with Gasteiger partial charge < -0.3 is 24.7 Å². The molecular formula is C24H30N2O4. The SMILES string of the molecule is COc1cc(-c2nc3cc(CCC(C)(N)CO)ccc3o2)ccc1OC1CCCC1. The zero-order valence-corrected chi connectivity index (χ0v) is 17.7. The van der Waals surface area contributed by atoms with E-state index in [1.807, 2.05) is 43.3 Å². The average Bonchev–Trinajstić information content (AvgIpc) is 3.42. The molecule has 0 radical (unpaired) electrons. The highest BCUT2D eigenvalue weighted by Gasteiger charge is 2.20. The molecule has 3 N–H and O–H groups in total. The summed E-state index contributed by atoms with van der Waals surface area (Å²) < 4.78 is 17.7. The molecule has 6 nitrogen and oxygen atoms in total. The molecule has 30 heavy (non-hydrogen) atoms. The van der Waals surface area contributed by atoms with Crippen molar-refractivity contribution in [3.05, 3.63) is 42.0 Å². The van der Waals surface area contributed by atoms with Crippen LogP contribution < -0.4 is 15.2 Å². The van der Waals surface area contributed by atoms with Crippen molar-refractivity contribution < 1.29 is 19.0 Å².